The zero-order valence-electron chi connectivity index (χ0n) is 7.76. The van der Waals surface area contributed by atoms with Gasteiger partial charge in [0.25, 0.3) is 0 Å². The van der Waals surface area contributed by atoms with Crippen LogP contribution < -0.4 is 10.9 Å². The van der Waals surface area contributed by atoms with E-state index in [0.717, 1.165) is 24.9 Å². The maximum Gasteiger partial charge on any atom is 0.0347 e. The minimum absolute atomic E-state index is 0.864. The summed E-state index contributed by atoms with van der Waals surface area (Å²) >= 11 is 0. The SMILES string of the molecule is C1CCCC(C2C[N]NC2)CC1. The van der Waals surface area contributed by atoms with E-state index in [-0.39, 0.29) is 0 Å². The van der Waals surface area contributed by atoms with Crippen molar-refractivity contribution in [3.8, 4) is 0 Å². The van der Waals surface area contributed by atoms with Gasteiger partial charge >= 0.3 is 0 Å². The van der Waals surface area contributed by atoms with Gasteiger partial charge in [-0.3, -0.25) is 0 Å². The fraction of sp³-hybridized carbons (Fsp3) is 1.00. The van der Waals surface area contributed by atoms with Crippen molar-refractivity contribution in [3.05, 3.63) is 0 Å². The van der Waals surface area contributed by atoms with Crippen molar-refractivity contribution in [2.24, 2.45) is 11.8 Å². The number of hydrogen-bond donors (Lipinski definition) is 1. The zero-order valence-corrected chi connectivity index (χ0v) is 7.76. The molecule has 69 valence electrons. The molecule has 0 bridgehead atoms. The Bertz CT molecular complexity index is 122. The van der Waals surface area contributed by atoms with Crippen molar-refractivity contribution < 1.29 is 0 Å². The van der Waals surface area contributed by atoms with Crippen LogP contribution in [-0.4, -0.2) is 13.1 Å². The second-order valence-electron chi connectivity index (χ2n) is 4.21. The van der Waals surface area contributed by atoms with Crippen LogP contribution in [0.15, 0.2) is 0 Å². The van der Waals surface area contributed by atoms with E-state index >= 15 is 0 Å². The molecule has 1 atom stereocenters. The van der Waals surface area contributed by atoms with E-state index in [9.17, 15) is 0 Å². The maximum absolute atomic E-state index is 4.22. The summed E-state index contributed by atoms with van der Waals surface area (Å²) in [5.41, 5.74) is 7.34. The Morgan fingerprint density at radius 2 is 1.67 bits per heavy atom. The highest BCUT2D eigenvalue weighted by Gasteiger charge is 2.25. The highest BCUT2D eigenvalue weighted by molar-refractivity contribution is 4.78. The first-order chi connectivity index (χ1) is 5.97. The lowest BCUT2D eigenvalue weighted by Gasteiger charge is -2.19. The van der Waals surface area contributed by atoms with Crippen molar-refractivity contribution in [3.63, 3.8) is 0 Å². The molecule has 1 saturated heterocycles. The molecule has 2 aliphatic rings. The first kappa shape index (κ1) is 8.52. The highest BCUT2D eigenvalue weighted by atomic mass is 15.4. The number of hydrogen-bond acceptors (Lipinski definition) is 1. The summed E-state index contributed by atoms with van der Waals surface area (Å²) in [6.07, 6.45) is 8.77. The molecule has 0 amide bonds. The molecule has 1 N–H and O–H groups in total. The second-order valence-corrected chi connectivity index (χ2v) is 4.21. The Hall–Kier alpha value is -0.0800. The molecule has 1 saturated carbocycles. The summed E-state index contributed by atoms with van der Waals surface area (Å²) in [5.74, 6) is 1.84. The average molecular weight is 167 g/mol. The molecular formula is C10H19N2. The molecule has 0 aromatic heterocycles. The molecule has 1 heterocycles. The molecule has 2 nitrogen and oxygen atoms in total. The summed E-state index contributed by atoms with van der Waals surface area (Å²) < 4.78 is 0. The van der Waals surface area contributed by atoms with Gasteiger partial charge in [-0.1, -0.05) is 38.5 Å². The van der Waals surface area contributed by atoms with E-state index in [0.29, 0.717) is 0 Å². The van der Waals surface area contributed by atoms with E-state index < -0.39 is 0 Å². The maximum atomic E-state index is 4.22. The van der Waals surface area contributed by atoms with Crippen molar-refractivity contribution in [1.29, 1.82) is 0 Å². The second kappa shape index (κ2) is 4.24. The largest absolute Gasteiger partial charge is 0.240 e. The predicted molar refractivity (Wildman–Crippen MR) is 49.7 cm³/mol. The number of nitrogens with one attached hydrogen (secondary N) is 1. The minimum Gasteiger partial charge on any atom is -0.240 e. The summed E-state index contributed by atoms with van der Waals surface area (Å²) in [5, 5.41) is 0. The van der Waals surface area contributed by atoms with Crippen molar-refractivity contribution in [2.75, 3.05) is 13.1 Å². The first-order valence-corrected chi connectivity index (χ1v) is 5.36. The summed E-state index contributed by atoms with van der Waals surface area (Å²) in [6, 6.07) is 0. The summed E-state index contributed by atoms with van der Waals surface area (Å²) in [6.45, 7) is 2.22. The van der Waals surface area contributed by atoms with Gasteiger partial charge in [0, 0.05) is 13.1 Å². The van der Waals surface area contributed by atoms with E-state index in [2.05, 4.69) is 10.9 Å². The van der Waals surface area contributed by atoms with Gasteiger partial charge in [0.2, 0.25) is 0 Å². The molecular weight excluding hydrogens is 148 g/mol. The third-order valence-electron chi connectivity index (χ3n) is 3.36. The van der Waals surface area contributed by atoms with Crippen molar-refractivity contribution in [2.45, 2.75) is 38.5 Å². The Morgan fingerprint density at radius 1 is 0.917 bits per heavy atom. The van der Waals surface area contributed by atoms with Gasteiger partial charge in [-0.15, -0.1) is 0 Å². The Morgan fingerprint density at radius 3 is 2.25 bits per heavy atom. The Kier molecular flexibility index (Phi) is 3.01. The molecule has 12 heavy (non-hydrogen) atoms. The van der Waals surface area contributed by atoms with Crippen LogP contribution in [0.2, 0.25) is 0 Å². The third kappa shape index (κ3) is 1.99. The van der Waals surface area contributed by atoms with Crippen LogP contribution in [0.1, 0.15) is 38.5 Å². The van der Waals surface area contributed by atoms with Gasteiger partial charge in [-0.25, -0.2) is 5.43 Å². The number of rotatable bonds is 1. The van der Waals surface area contributed by atoms with Crippen molar-refractivity contribution in [1.82, 2.24) is 10.9 Å². The molecule has 1 radical (unpaired) electrons. The van der Waals surface area contributed by atoms with Gasteiger partial charge in [0.05, 0.1) is 0 Å². The van der Waals surface area contributed by atoms with Crippen LogP contribution in [0.4, 0.5) is 0 Å². The van der Waals surface area contributed by atoms with E-state index in [1.807, 2.05) is 0 Å². The van der Waals surface area contributed by atoms with Crippen LogP contribution in [0.25, 0.3) is 0 Å². The van der Waals surface area contributed by atoms with Gasteiger partial charge in [-0.05, 0) is 11.8 Å². The Labute approximate surface area is 75.1 Å². The smallest absolute Gasteiger partial charge is 0.0347 e. The highest BCUT2D eigenvalue weighted by Crippen LogP contribution is 2.29. The molecule has 0 aromatic rings. The molecule has 2 fully saturated rings. The summed E-state index contributed by atoms with van der Waals surface area (Å²) in [4.78, 5) is 0. The van der Waals surface area contributed by atoms with Crippen LogP contribution >= 0.6 is 0 Å². The fourth-order valence-electron chi connectivity index (χ4n) is 2.53. The van der Waals surface area contributed by atoms with Gasteiger partial charge in [0.1, 0.15) is 0 Å². The van der Waals surface area contributed by atoms with Crippen molar-refractivity contribution >= 4 is 0 Å². The van der Waals surface area contributed by atoms with Gasteiger partial charge in [-0.2, -0.15) is 5.43 Å². The Balaban J connectivity index is 1.83. The topological polar surface area (TPSA) is 26.1 Å². The van der Waals surface area contributed by atoms with Crippen LogP contribution in [0.5, 0.6) is 0 Å². The molecule has 0 aromatic carbocycles. The number of nitrogens with zero attached hydrogens (tertiary/aromatic N) is 1. The van der Waals surface area contributed by atoms with Crippen LogP contribution in [-0.2, 0) is 0 Å². The lowest BCUT2D eigenvalue weighted by Crippen LogP contribution is -2.18. The predicted octanol–water partition coefficient (Wildman–Crippen LogP) is 1.70. The summed E-state index contributed by atoms with van der Waals surface area (Å²) in [7, 11) is 0. The molecule has 0 spiro atoms. The van der Waals surface area contributed by atoms with E-state index in [1.54, 1.807) is 0 Å². The molecule has 1 unspecified atom stereocenters. The van der Waals surface area contributed by atoms with Gasteiger partial charge in [0.15, 0.2) is 0 Å². The molecule has 1 aliphatic carbocycles. The lowest BCUT2D eigenvalue weighted by atomic mass is 9.87. The third-order valence-corrected chi connectivity index (χ3v) is 3.36. The van der Waals surface area contributed by atoms with E-state index in [1.165, 1.54) is 38.5 Å². The fourth-order valence-corrected chi connectivity index (χ4v) is 2.53. The van der Waals surface area contributed by atoms with E-state index in [4.69, 9.17) is 0 Å². The molecule has 2 rings (SSSR count). The van der Waals surface area contributed by atoms with Crippen LogP contribution in [0, 0.1) is 11.8 Å². The zero-order chi connectivity index (χ0) is 8.23. The molecule has 1 aliphatic heterocycles. The normalized spacial score (nSPS) is 29.0. The lowest BCUT2D eigenvalue weighted by molar-refractivity contribution is 0.331. The molecule has 2 heteroatoms. The van der Waals surface area contributed by atoms with Gasteiger partial charge < -0.3 is 0 Å². The first-order valence-electron chi connectivity index (χ1n) is 5.36. The monoisotopic (exact) mass is 167 g/mol. The quantitative estimate of drug-likeness (QED) is 0.591. The average Bonchev–Trinajstić information content (AvgIpc) is 2.48. The minimum atomic E-state index is 0.864. The van der Waals surface area contributed by atoms with Crippen LogP contribution in [0.3, 0.4) is 0 Å². The standard InChI is InChI=1S/C10H19N2/c1-2-4-6-9(5-3-1)10-7-11-12-8-10/h9-11H,1-8H2.